The minimum absolute atomic E-state index is 0.128. The van der Waals surface area contributed by atoms with Gasteiger partial charge in [-0.3, -0.25) is 0 Å². The Labute approximate surface area is 94.7 Å². The van der Waals surface area contributed by atoms with Crippen LogP contribution in [0.15, 0.2) is 12.3 Å². The van der Waals surface area contributed by atoms with Gasteiger partial charge in [-0.15, -0.1) is 0 Å². The van der Waals surface area contributed by atoms with E-state index in [0.29, 0.717) is 11.7 Å². The molecule has 88 valence electrons. The van der Waals surface area contributed by atoms with Gasteiger partial charge in [-0.25, -0.2) is 9.97 Å². The zero-order valence-electron chi connectivity index (χ0n) is 9.17. The first-order chi connectivity index (χ1) is 7.81. The molecule has 0 bridgehead atoms. The fourth-order valence-corrected chi connectivity index (χ4v) is 1.87. The van der Waals surface area contributed by atoms with E-state index in [9.17, 15) is 0 Å². The maximum absolute atomic E-state index is 8.96. The third kappa shape index (κ3) is 2.55. The maximum Gasteiger partial charge on any atom is 0.147 e. The second-order valence-corrected chi connectivity index (χ2v) is 4.02. The van der Waals surface area contributed by atoms with Gasteiger partial charge in [-0.2, -0.15) is 0 Å². The quantitative estimate of drug-likeness (QED) is 0.773. The third-order valence-electron chi connectivity index (χ3n) is 2.86. The average molecular weight is 223 g/mol. The number of hydrogen-bond donors (Lipinski definition) is 2. The van der Waals surface area contributed by atoms with Crippen LogP contribution in [0, 0.1) is 0 Å². The highest BCUT2D eigenvalue weighted by Crippen LogP contribution is 2.25. The lowest BCUT2D eigenvalue weighted by atomic mass is 9.96. The van der Waals surface area contributed by atoms with Crippen LogP contribution < -0.4 is 5.73 Å². The normalized spacial score (nSPS) is 19.6. The van der Waals surface area contributed by atoms with E-state index in [0.717, 1.165) is 31.7 Å². The standard InChI is InChI=1S/C11H17N3O2/c12-9(7-15)11-13-4-1-10(14-11)8-2-5-16-6-3-8/h1,4,8-9,15H,2-3,5-7,12H2. The summed E-state index contributed by atoms with van der Waals surface area (Å²) in [4.78, 5) is 8.49. The Hall–Kier alpha value is -1.04. The van der Waals surface area contributed by atoms with Crippen LogP contribution in [0.4, 0.5) is 0 Å². The molecule has 1 aliphatic rings. The van der Waals surface area contributed by atoms with Gasteiger partial charge in [0.1, 0.15) is 5.82 Å². The van der Waals surface area contributed by atoms with Crippen LogP contribution in [0.2, 0.25) is 0 Å². The third-order valence-corrected chi connectivity index (χ3v) is 2.86. The van der Waals surface area contributed by atoms with Gasteiger partial charge in [0.15, 0.2) is 0 Å². The topological polar surface area (TPSA) is 81.3 Å². The van der Waals surface area contributed by atoms with Crippen LogP contribution in [-0.2, 0) is 4.74 Å². The molecule has 1 aromatic heterocycles. The highest BCUT2D eigenvalue weighted by Gasteiger charge is 2.18. The molecule has 0 radical (unpaired) electrons. The molecule has 0 saturated carbocycles. The minimum Gasteiger partial charge on any atom is -0.394 e. The van der Waals surface area contributed by atoms with Crippen molar-refractivity contribution < 1.29 is 9.84 Å². The van der Waals surface area contributed by atoms with Crippen LogP contribution in [0.3, 0.4) is 0 Å². The molecule has 1 fully saturated rings. The molecular formula is C11H17N3O2. The van der Waals surface area contributed by atoms with Gasteiger partial charge in [-0.1, -0.05) is 0 Å². The zero-order chi connectivity index (χ0) is 11.4. The number of nitrogens with zero attached hydrogens (tertiary/aromatic N) is 2. The molecule has 0 aromatic carbocycles. The van der Waals surface area contributed by atoms with Crippen LogP contribution in [-0.4, -0.2) is 34.9 Å². The van der Waals surface area contributed by atoms with Crippen LogP contribution >= 0.6 is 0 Å². The van der Waals surface area contributed by atoms with Crippen molar-refractivity contribution in [3.63, 3.8) is 0 Å². The van der Waals surface area contributed by atoms with E-state index in [2.05, 4.69) is 9.97 Å². The molecular weight excluding hydrogens is 206 g/mol. The molecule has 1 aromatic rings. The van der Waals surface area contributed by atoms with E-state index >= 15 is 0 Å². The van der Waals surface area contributed by atoms with Crippen molar-refractivity contribution in [3.8, 4) is 0 Å². The molecule has 2 heterocycles. The van der Waals surface area contributed by atoms with Crippen molar-refractivity contribution in [2.45, 2.75) is 24.8 Å². The first-order valence-electron chi connectivity index (χ1n) is 5.58. The zero-order valence-corrected chi connectivity index (χ0v) is 9.17. The summed E-state index contributed by atoms with van der Waals surface area (Å²) < 4.78 is 5.31. The SMILES string of the molecule is NC(CO)c1nccc(C2CCOCC2)n1. The Bertz CT molecular complexity index is 340. The van der Waals surface area contributed by atoms with Crippen molar-refractivity contribution in [2.24, 2.45) is 5.73 Å². The summed E-state index contributed by atoms with van der Waals surface area (Å²) >= 11 is 0. The Morgan fingerprint density at radius 2 is 2.25 bits per heavy atom. The van der Waals surface area contributed by atoms with E-state index in [1.54, 1.807) is 6.20 Å². The number of nitrogens with two attached hydrogens (primary N) is 1. The van der Waals surface area contributed by atoms with Gasteiger partial charge in [0.05, 0.1) is 12.6 Å². The van der Waals surface area contributed by atoms with Crippen molar-refractivity contribution in [3.05, 3.63) is 23.8 Å². The number of aliphatic hydroxyl groups excluding tert-OH is 1. The van der Waals surface area contributed by atoms with Crippen molar-refractivity contribution in [1.82, 2.24) is 9.97 Å². The second-order valence-electron chi connectivity index (χ2n) is 4.02. The van der Waals surface area contributed by atoms with Gasteiger partial charge < -0.3 is 15.6 Å². The molecule has 16 heavy (non-hydrogen) atoms. The van der Waals surface area contributed by atoms with E-state index in [4.69, 9.17) is 15.6 Å². The predicted octanol–water partition coefficient (Wildman–Crippen LogP) is 0.363. The van der Waals surface area contributed by atoms with Gasteiger partial charge >= 0.3 is 0 Å². The predicted molar refractivity (Wildman–Crippen MR) is 58.8 cm³/mol. The molecule has 0 spiro atoms. The van der Waals surface area contributed by atoms with Gasteiger partial charge in [-0.05, 0) is 18.9 Å². The van der Waals surface area contributed by atoms with Crippen LogP contribution in [0.25, 0.3) is 0 Å². The molecule has 0 amide bonds. The molecule has 5 heteroatoms. The number of hydrogen-bond acceptors (Lipinski definition) is 5. The maximum atomic E-state index is 8.96. The number of rotatable bonds is 3. The smallest absolute Gasteiger partial charge is 0.147 e. The lowest BCUT2D eigenvalue weighted by molar-refractivity contribution is 0.0844. The minimum atomic E-state index is -0.486. The molecule has 1 unspecified atom stereocenters. The van der Waals surface area contributed by atoms with Crippen LogP contribution in [0.5, 0.6) is 0 Å². The van der Waals surface area contributed by atoms with Crippen LogP contribution in [0.1, 0.15) is 36.3 Å². The Balaban J connectivity index is 2.14. The summed E-state index contributed by atoms with van der Waals surface area (Å²) in [6.07, 6.45) is 3.69. The van der Waals surface area contributed by atoms with E-state index in [1.807, 2.05) is 6.07 Å². The monoisotopic (exact) mass is 223 g/mol. The molecule has 1 saturated heterocycles. The Morgan fingerprint density at radius 3 is 2.94 bits per heavy atom. The number of ether oxygens (including phenoxy) is 1. The Morgan fingerprint density at radius 1 is 1.50 bits per heavy atom. The fourth-order valence-electron chi connectivity index (χ4n) is 1.87. The van der Waals surface area contributed by atoms with Crippen molar-refractivity contribution in [2.75, 3.05) is 19.8 Å². The highest BCUT2D eigenvalue weighted by atomic mass is 16.5. The molecule has 1 atom stereocenters. The summed E-state index contributed by atoms with van der Waals surface area (Å²) in [6.45, 7) is 1.45. The second kappa shape index (κ2) is 5.34. The summed E-state index contributed by atoms with van der Waals surface area (Å²) in [5.41, 5.74) is 6.70. The fraction of sp³-hybridized carbons (Fsp3) is 0.636. The summed E-state index contributed by atoms with van der Waals surface area (Å²) in [5.74, 6) is 0.952. The molecule has 5 nitrogen and oxygen atoms in total. The van der Waals surface area contributed by atoms with Gasteiger partial charge in [0, 0.05) is 31.0 Å². The van der Waals surface area contributed by atoms with E-state index < -0.39 is 6.04 Å². The average Bonchev–Trinajstić information content (AvgIpc) is 2.39. The summed E-state index contributed by atoms with van der Waals surface area (Å²) in [5, 5.41) is 8.96. The van der Waals surface area contributed by atoms with E-state index in [1.165, 1.54) is 0 Å². The van der Waals surface area contributed by atoms with Crippen molar-refractivity contribution >= 4 is 0 Å². The highest BCUT2D eigenvalue weighted by molar-refractivity contribution is 5.10. The van der Waals surface area contributed by atoms with Gasteiger partial charge in [0.2, 0.25) is 0 Å². The molecule has 2 rings (SSSR count). The molecule has 0 aliphatic carbocycles. The number of aliphatic hydroxyl groups is 1. The van der Waals surface area contributed by atoms with Gasteiger partial charge in [0.25, 0.3) is 0 Å². The first kappa shape index (κ1) is 11.4. The van der Waals surface area contributed by atoms with E-state index in [-0.39, 0.29) is 6.61 Å². The molecule has 1 aliphatic heterocycles. The molecule has 3 N–H and O–H groups in total. The lowest BCUT2D eigenvalue weighted by Crippen LogP contribution is -2.20. The lowest BCUT2D eigenvalue weighted by Gasteiger charge is -2.22. The summed E-state index contributed by atoms with van der Waals surface area (Å²) in [7, 11) is 0. The Kier molecular flexibility index (Phi) is 3.82. The largest absolute Gasteiger partial charge is 0.394 e. The first-order valence-corrected chi connectivity index (χ1v) is 5.58. The van der Waals surface area contributed by atoms with Crippen molar-refractivity contribution in [1.29, 1.82) is 0 Å². The number of aromatic nitrogens is 2. The summed E-state index contributed by atoms with van der Waals surface area (Å²) in [6, 6.07) is 1.43.